The van der Waals surface area contributed by atoms with Gasteiger partial charge in [0.05, 0.1) is 37.6 Å². The molecule has 0 unspecified atom stereocenters. The van der Waals surface area contributed by atoms with E-state index in [1.165, 1.54) is 10.3 Å². The van der Waals surface area contributed by atoms with Crippen LogP contribution in [0.15, 0.2) is 78.9 Å². The van der Waals surface area contributed by atoms with Crippen molar-refractivity contribution in [2.45, 2.75) is 26.7 Å². The van der Waals surface area contributed by atoms with E-state index in [0.29, 0.717) is 13.2 Å². The van der Waals surface area contributed by atoms with Crippen molar-refractivity contribution in [1.82, 2.24) is 4.98 Å². The molecule has 0 N–H and O–H groups in total. The topological polar surface area (TPSA) is 49.8 Å². The second kappa shape index (κ2) is 13.4. The third-order valence-electron chi connectivity index (χ3n) is 6.98. The molecule has 6 heteroatoms. The van der Waals surface area contributed by atoms with Gasteiger partial charge in [0.25, 0.3) is 0 Å². The van der Waals surface area contributed by atoms with E-state index in [4.69, 9.17) is 23.9 Å². The molecule has 0 atom stereocenters. The van der Waals surface area contributed by atoms with Crippen LogP contribution in [0.1, 0.15) is 35.1 Å². The van der Waals surface area contributed by atoms with Crippen molar-refractivity contribution in [1.29, 1.82) is 0 Å². The Bertz CT molecular complexity index is 1610. The largest absolute Gasteiger partial charge is 0.496 e. The number of nitrogens with zero attached hydrogens (tertiary/aromatic N) is 1. The van der Waals surface area contributed by atoms with Crippen LogP contribution in [0.5, 0.6) is 23.0 Å². The Kier molecular flexibility index (Phi) is 9.22. The first-order chi connectivity index (χ1) is 20.0. The number of rotatable bonds is 12. The predicted octanol–water partition coefficient (Wildman–Crippen LogP) is 9.01. The van der Waals surface area contributed by atoms with Crippen LogP contribution in [-0.2, 0) is 0 Å². The molecule has 0 saturated heterocycles. The lowest BCUT2D eigenvalue weighted by molar-refractivity contribution is 0.258. The summed E-state index contributed by atoms with van der Waals surface area (Å²) in [4.78, 5) is 4.73. The van der Waals surface area contributed by atoms with Gasteiger partial charge in [-0.1, -0.05) is 36.4 Å². The van der Waals surface area contributed by atoms with Gasteiger partial charge in [-0.15, -0.1) is 11.3 Å². The van der Waals surface area contributed by atoms with Crippen molar-refractivity contribution in [2.24, 2.45) is 0 Å². The van der Waals surface area contributed by atoms with Crippen LogP contribution >= 0.6 is 11.3 Å². The average molecular weight is 566 g/mol. The first-order valence-electron chi connectivity index (χ1n) is 13.8. The molecule has 0 amide bonds. The fraction of sp³-hybridized carbons (Fsp3) is 0.229. The molecule has 0 bridgehead atoms. The normalized spacial score (nSPS) is 11.2. The second-order valence-electron chi connectivity index (χ2n) is 9.82. The van der Waals surface area contributed by atoms with Gasteiger partial charge >= 0.3 is 0 Å². The van der Waals surface area contributed by atoms with E-state index in [1.807, 2.05) is 48.5 Å². The number of para-hydroxylation sites is 1. The van der Waals surface area contributed by atoms with Crippen molar-refractivity contribution in [3.63, 3.8) is 0 Å². The van der Waals surface area contributed by atoms with Crippen LogP contribution in [0.3, 0.4) is 0 Å². The van der Waals surface area contributed by atoms with Crippen molar-refractivity contribution >= 4 is 33.7 Å². The molecule has 0 aliphatic rings. The lowest BCUT2D eigenvalue weighted by atomic mass is 10.0. The maximum Gasteiger partial charge on any atom is 0.161 e. The van der Waals surface area contributed by atoms with Crippen LogP contribution in [-0.4, -0.2) is 32.4 Å². The van der Waals surface area contributed by atoms with Gasteiger partial charge in [0, 0.05) is 5.56 Å². The highest BCUT2D eigenvalue weighted by molar-refractivity contribution is 7.21. The van der Waals surface area contributed by atoms with Gasteiger partial charge < -0.3 is 18.9 Å². The average Bonchev–Trinajstić information content (AvgIpc) is 3.44. The van der Waals surface area contributed by atoms with Gasteiger partial charge in [0.2, 0.25) is 0 Å². The minimum atomic E-state index is 0.581. The Morgan fingerprint density at radius 1 is 0.707 bits per heavy atom. The Morgan fingerprint density at radius 3 is 2.17 bits per heavy atom. The van der Waals surface area contributed by atoms with Crippen LogP contribution in [0.4, 0.5) is 0 Å². The summed E-state index contributed by atoms with van der Waals surface area (Å²) in [5, 5.41) is 1.02. The van der Waals surface area contributed by atoms with Gasteiger partial charge in [-0.05, 0) is 104 Å². The van der Waals surface area contributed by atoms with E-state index >= 15 is 0 Å². The Balaban J connectivity index is 1.10. The summed E-state index contributed by atoms with van der Waals surface area (Å²) in [5.41, 5.74) is 6.63. The van der Waals surface area contributed by atoms with Crippen molar-refractivity contribution in [3.8, 4) is 33.6 Å². The highest BCUT2D eigenvalue weighted by atomic mass is 32.1. The van der Waals surface area contributed by atoms with Crippen LogP contribution in [0, 0.1) is 13.8 Å². The van der Waals surface area contributed by atoms with E-state index in [9.17, 15) is 0 Å². The van der Waals surface area contributed by atoms with Crippen LogP contribution in [0.25, 0.3) is 32.9 Å². The SMILES string of the molecule is COc1ccc(/C=C\c2cc(C)c(C)c(OC)c2)cc1OCCCCOc1ccc(-c2nc3ccccc3s2)cc1. The number of hydrogen-bond donors (Lipinski definition) is 0. The number of methoxy groups -OCH3 is 2. The third-order valence-corrected chi connectivity index (χ3v) is 8.06. The number of unbranched alkanes of at least 4 members (excludes halogenated alkanes) is 1. The van der Waals surface area contributed by atoms with Crippen molar-refractivity contribution < 1.29 is 18.9 Å². The molecule has 1 aromatic heterocycles. The highest BCUT2D eigenvalue weighted by Crippen LogP contribution is 2.32. The Labute approximate surface area is 246 Å². The molecule has 0 radical (unpaired) electrons. The molecule has 5 rings (SSSR count). The number of hydrogen-bond acceptors (Lipinski definition) is 6. The van der Waals surface area contributed by atoms with E-state index in [2.05, 4.69) is 56.3 Å². The van der Waals surface area contributed by atoms with Crippen molar-refractivity contribution in [3.05, 3.63) is 101 Å². The first-order valence-corrected chi connectivity index (χ1v) is 14.6. The van der Waals surface area contributed by atoms with Crippen LogP contribution in [0.2, 0.25) is 0 Å². The maximum absolute atomic E-state index is 6.09. The molecule has 1 heterocycles. The summed E-state index contributed by atoms with van der Waals surface area (Å²) in [6, 6.07) is 26.6. The predicted molar refractivity (Wildman–Crippen MR) is 170 cm³/mol. The Morgan fingerprint density at radius 2 is 1.41 bits per heavy atom. The number of aryl methyl sites for hydroxylation is 1. The molecule has 210 valence electrons. The van der Waals surface area contributed by atoms with Gasteiger partial charge in [-0.25, -0.2) is 4.98 Å². The van der Waals surface area contributed by atoms with Gasteiger partial charge in [0.15, 0.2) is 11.5 Å². The molecule has 4 aromatic carbocycles. The molecule has 0 aliphatic heterocycles. The molecule has 5 nitrogen and oxygen atoms in total. The monoisotopic (exact) mass is 565 g/mol. The first kappa shape index (κ1) is 28.2. The van der Waals surface area contributed by atoms with Gasteiger partial charge in [-0.2, -0.15) is 0 Å². The molecule has 41 heavy (non-hydrogen) atoms. The fourth-order valence-corrected chi connectivity index (χ4v) is 5.50. The van der Waals surface area contributed by atoms with E-state index < -0.39 is 0 Å². The molecular formula is C35H35NO4S. The number of fused-ring (bicyclic) bond motifs is 1. The van der Waals surface area contributed by atoms with Crippen LogP contribution < -0.4 is 18.9 Å². The second-order valence-corrected chi connectivity index (χ2v) is 10.9. The summed E-state index contributed by atoms with van der Waals surface area (Å²) in [6.07, 6.45) is 5.92. The quantitative estimate of drug-likeness (QED) is 0.112. The Hall–Kier alpha value is -4.29. The smallest absolute Gasteiger partial charge is 0.161 e. The lowest BCUT2D eigenvalue weighted by Crippen LogP contribution is -2.03. The molecular weight excluding hydrogens is 530 g/mol. The number of thiazole rings is 1. The number of benzene rings is 4. The fourth-order valence-electron chi connectivity index (χ4n) is 4.53. The summed E-state index contributed by atoms with van der Waals surface area (Å²) in [6.45, 7) is 5.38. The zero-order valence-corrected chi connectivity index (χ0v) is 24.8. The standard InChI is InChI=1S/C35H35NO4S/c1-24-21-27(23-32(38-4)25(24)2)12-11-26-13-18-31(37-3)33(22-26)40-20-8-7-19-39-29-16-14-28(15-17-29)35-36-30-9-5-6-10-34(30)41-35/h5-6,9-18,21-23H,7-8,19-20H2,1-4H3/b12-11-. The lowest BCUT2D eigenvalue weighted by Gasteiger charge is -2.12. The summed E-state index contributed by atoms with van der Waals surface area (Å²) >= 11 is 1.71. The summed E-state index contributed by atoms with van der Waals surface area (Å²) < 4.78 is 24.3. The molecule has 5 aromatic rings. The van der Waals surface area contributed by atoms with E-state index in [0.717, 1.165) is 68.6 Å². The minimum absolute atomic E-state index is 0.581. The maximum atomic E-state index is 6.09. The van der Waals surface area contributed by atoms with E-state index in [-0.39, 0.29) is 0 Å². The molecule has 0 fully saturated rings. The highest BCUT2D eigenvalue weighted by Gasteiger charge is 2.08. The molecule has 0 spiro atoms. The zero-order valence-electron chi connectivity index (χ0n) is 24.0. The zero-order chi connectivity index (χ0) is 28.6. The number of aromatic nitrogens is 1. The minimum Gasteiger partial charge on any atom is -0.496 e. The number of ether oxygens (including phenoxy) is 4. The van der Waals surface area contributed by atoms with E-state index in [1.54, 1.807) is 25.6 Å². The van der Waals surface area contributed by atoms with Gasteiger partial charge in [-0.3, -0.25) is 0 Å². The van der Waals surface area contributed by atoms with Crippen molar-refractivity contribution in [2.75, 3.05) is 27.4 Å². The van der Waals surface area contributed by atoms with Gasteiger partial charge in [0.1, 0.15) is 16.5 Å². The third kappa shape index (κ3) is 7.08. The summed E-state index contributed by atoms with van der Waals surface area (Å²) in [7, 11) is 3.37. The molecule has 0 aliphatic carbocycles. The molecule has 0 saturated carbocycles. The summed E-state index contributed by atoms with van der Waals surface area (Å²) in [5.74, 6) is 3.21.